The molecular formula is C17H15F3O. The van der Waals surface area contributed by atoms with E-state index < -0.39 is 17.8 Å². The van der Waals surface area contributed by atoms with Crippen LogP contribution in [0.5, 0.6) is 0 Å². The van der Waals surface area contributed by atoms with Crippen LogP contribution < -0.4 is 0 Å². The lowest BCUT2D eigenvalue weighted by Crippen LogP contribution is -2.09. The number of rotatable bonds is 1. The summed E-state index contributed by atoms with van der Waals surface area (Å²) in [4.78, 5) is 0. The van der Waals surface area contributed by atoms with Crippen LogP contribution in [0.2, 0.25) is 0 Å². The van der Waals surface area contributed by atoms with Gasteiger partial charge >= 0.3 is 6.18 Å². The van der Waals surface area contributed by atoms with Crippen molar-refractivity contribution < 1.29 is 18.3 Å². The van der Waals surface area contributed by atoms with Gasteiger partial charge in [-0.15, -0.1) is 0 Å². The van der Waals surface area contributed by atoms with Crippen LogP contribution in [0.1, 0.15) is 35.6 Å². The van der Waals surface area contributed by atoms with Crippen LogP contribution in [0.4, 0.5) is 13.2 Å². The molecule has 1 atom stereocenters. The predicted molar refractivity (Wildman–Crippen MR) is 74.8 cm³/mol. The first-order valence-electron chi connectivity index (χ1n) is 6.94. The van der Waals surface area contributed by atoms with Gasteiger partial charge < -0.3 is 5.11 Å². The first-order chi connectivity index (χ1) is 9.95. The molecule has 2 aromatic rings. The highest BCUT2D eigenvalue weighted by Crippen LogP contribution is 2.35. The van der Waals surface area contributed by atoms with Crippen LogP contribution in [0.15, 0.2) is 42.5 Å². The van der Waals surface area contributed by atoms with Gasteiger partial charge in [0, 0.05) is 0 Å². The summed E-state index contributed by atoms with van der Waals surface area (Å²) in [5.41, 5.74) is 2.60. The Morgan fingerprint density at radius 3 is 2.52 bits per heavy atom. The van der Waals surface area contributed by atoms with E-state index in [1.807, 2.05) is 12.1 Å². The summed E-state index contributed by atoms with van der Waals surface area (Å²) in [6.07, 6.45) is -2.28. The number of fused-ring (bicyclic) bond motifs is 1. The Bertz CT molecular complexity index is 661. The van der Waals surface area contributed by atoms with Crippen LogP contribution in [0, 0.1) is 0 Å². The Morgan fingerprint density at radius 2 is 1.76 bits per heavy atom. The third kappa shape index (κ3) is 2.81. The maximum atomic E-state index is 12.8. The minimum Gasteiger partial charge on any atom is -0.388 e. The van der Waals surface area contributed by atoms with Crippen molar-refractivity contribution in [3.05, 3.63) is 59.2 Å². The standard InChI is InChI=1S/C17H15F3O/c18-17(19,20)14-5-1-3-11(10-14)12-7-8-15-13(9-12)4-2-6-16(15)21/h1,3,5,7-10,16,21H,2,4,6H2/t16-/m0/s1. The van der Waals surface area contributed by atoms with Gasteiger partial charge in [0.1, 0.15) is 0 Å². The molecular weight excluding hydrogens is 277 g/mol. The predicted octanol–water partition coefficient (Wildman–Crippen LogP) is 4.74. The van der Waals surface area contributed by atoms with Gasteiger partial charge in [0.15, 0.2) is 0 Å². The van der Waals surface area contributed by atoms with Crippen molar-refractivity contribution >= 4 is 0 Å². The molecule has 0 fully saturated rings. The van der Waals surface area contributed by atoms with Gasteiger partial charge in [-0.05, 0) is 53.6 Å². The molecule has 0 spiro atoms. The van der Waals surface area contributed by atoms with Crippen LogP contribution in [-0.4, -0.2) is 5.11 Å². The molecule has 0 unspecified atom stereocenters. The second-order valence-corrected chi connectivity index (χ2v) is 5.40. The second-order valence-electron chi connectivity index (χ2n) is 5.40. The topological polar surface area (TPSA) is 20.2 Å². The first-order valence-corrected chi connectivity index (χ1v) is 6.94. The number of halogens is 3. The van der Waals surface area contributed by atoms with Crippen LogP contribution >= 0.6 is 0 Å². The smallest absolute Gasteiger partial charge is 0.388 e. The lowest BCUT2D eigenvalue weighted by atomic mass is 9.87. The average molecular weight is 292 g/mol. The molecule has 1 aliphatic rings. The van der Waals surface area contributed by atoms with Gasteiger partial charge in [-0.1, -0.05) is 30.3 Å². The molecule has 21 heavy (non-hydrogen) atoms. The maximum absolute atomic E-state index is 12.8. The normalized spacial score (nSPS) is 18.4. The molecule has 0 saturated carbocycles. The zero-order valence-corrected chi connectivity index (χ0v) is 11.3. The summed E-state index contributed by atoms with van der Waals surface area (Å²) < 4.78 is 38.3. The SMILES string of the molecule is O[C@H]1CCCc2cc(-c3cccc(C(F)(F)F)c3)ccc21. The summed E-state index contributed by atoms with van der Waals surface area (Å²) in [5.74, 6) is 0. The Hall–Kier alpha value is -1.81. The van der Waals surface area contributed by atoms with Gasteiger partial charge in [-0.2, -0.15) is 13.2 Å². The Balaban J connectivity index is 2.02. The minimum atomic E-state index is -4.33. The molecule has 0 saturated heterocycles. The lowest BCUT2D eigenvalue weighted by molar-refractivity contribution is -0.137. The van der Waals surface area contributed by atoms with E-state index in [4.69, 9.17) is 0 Å². The summed E-state index contributed by atoms with van der Waals surface area (Å²) >= 11 is 0. The quantitative estimate of drug-likeness (QED) is 0.804. The van der Waals surface area contributed by atoms with Crippen molar-refractivity contribution in [2.24, 2.45) is 0 Å². The van der Waals surface area contributed by atoms with E-state index >= 15 is 0 Å². The molecule has 1 aliphatic carbocycles. The third-order valence-electron chi connectivity index (χ3n) is 3.95. The van der Waals surface area contributed by atoms with Crippen molar-refractivity contribution in [2.45, 2.75) is 31.5 Å². The van der Waals surface area contributed by atoms with E-state index in [1.54, 1.807) is 12.1 Å². The molecule has 110 valence electrons. The minimum absolute atomic E-state index is 0.454. The molecule has 1 nitrogen and oxygen atoms in total. The molecule has 4 heteroatoms. The van der Waals surface area contributed by atoms with Crippen LogP contribution in [-0.2, 0) is 12.6 Å². The van der Waals surface area contributed by atoms with Crippen molar-refractivity contribution in [2.75, 3.05) is 0 Å². The molecule has 0 aliphatic heterocycles. The largest absolute Gasteiger partial charge is 0.416 e. The molecule has 0 amide bonds. The Labute approximate surface area is 121 Å². The second kappa shape index (κ2) is 5.19. The van der Waals surface area contributed by atoms with Crippen molar-refractivity contribution in [1.29, 1.82) is 0 Å². The zero-order chi connectivity index (χ0) is 15.0. The fourth-order valence-electron chi connectivity index (χ4n) is 2.84. The number of aliphatic hydroxyl groups excluding tert-OH is 1. The molecule has 0 bridgehead atoms. The van der Waals surface area contributed by atoms with E-state index in [0.29, 0.717) is 5.56 Å². The summed E-state index contributed by atoms with van der Waals surface area (Å²) in [7, 11) is 0. The molecule has 0 heterocycles. The van der Waals surface area contributed by atoms with Gasteiger partial charge in [-0.25, -0.2) is 0 Å². The molecule has 3 rings (SSSR count). The number of benzene rings is 2. The zero-order valence-electron chi connectivity index (χ0n) is 11.3. The van der Waals surface area contributed by atoms with Gasteiger partial charge in [0.25, 0.3) is 0 Å². The highest BCUT2D eigenvalue weighted by atomic mass is 19.4. The number of hydrogen-bond acceptors (Lipinski definition) is 1. The van der Waals surface area contributed by atoms with Gasteiger partial charge in [0.05, 0.1) is 11.7 Å². The summed E-state index contributed by atoms with van der Waals surface area (Å²) in [5, 5.41) is 9.92. The van der Waals surface area contributed by atoms with Crippen LogP contribution in [0.3, 0.4) is 0 Å². The fourth-order valence-corrected chi connectivity index (χ4v) is 2.84. The Morgan fingerprint density at radius 1 is 1.00 bits per heavy atom. The van der Waals surface area contributed by atoms with E-state index in [1.165, 1.54) is 12.1 Å². The lowest BCUT2D eigenvalue weighted by Gasteiger charge is -2.22. The van der Waals surface area contributed by atoms with E-state index in [0.717, 1.165) is 42.0 Å². The molecule has 0 aromatic heterocycles. The third-order valence-corrected chi connectivity index (χ3v) is 3.95. The van der Waals surface area contributed by atoms with Gasteiger partial charge in [-0.3, -0.25) is 0 Å². The van der Waals surface area contributed by atoms with Crippen LogP contribution in [0.25, 0.3) is 11.1 Å². The Kier molecular flexibility index (Phi) is 3.49. The molecule has 2 aromatic carbocycles. The summed E-state index contributed by atoms with van der Waals surface area (Å²) in [6.45, 7) is 0. The number of aryl methyl sites for hydroxylation is 1. The highest BCUT2D eigenvalue weighted by Gasteiger charge is 2.30. The fraction of sp³-hybridized carbons (Fsp3) is 0.294. The first kappa shape index (κ1) is 14.1. The van der Waals surface area contributed by atoms with E-state index in [9.17, 15) is 18.3 Å². The average Bonchev–Trinajstić information content (AvgIpc) is 2.46. The van der Waals surface area contributed by atoms with E-state index in [2.05, 4.69) is 0 Å². The number of alkyl halides is 3. The van der Waals surface area contributed by atoms with Crippen molar-refractivity contribution in [3.63, 3.8) is 0 Å². The van der Waals surface area contributed by atoms with Crippen molar-refractivity contribution in [1.82, 2.24) is 0 Å². The number of hydrogen-bond donors (Lipinski definition) is 1. The molecule has 0 radical (unpaired) electrons. The van der Waals surface area contributed by atoms with Crippen molar-refractivity contribution in [3.8, 4) is 11.1 Å². The summed E-state index contributed by atoms with van der Waals surface area (Å²) in [6, 6.07) is 10.8. The molecule has 1 N–H and O–H groups in total. The van der Waals surface area contributed by atoms with Gasteiger partial charge in [0.2, 0.25) is 0 Å². The number of aliphatic hydroxyl groups is 1. The van der Waals surface area contributed by atoms with E-state index in [-0.39, 0.29) is 0 Å². The maximum Gasteiger partial charge on any atom is 0.416 e. The monoisotopic (exact) mass is 292 g/mol. The highest BCUT2D eigenvalue weighted by molar-refractivity contribution is 5.66.